The van der Waals surface area contributed by atoms with Gasteiger partial charge in [-0.25, -0.2) is 4.79 Å². The van der Waals surface area contributed by atoms with Crippen molar-refractivity contribution >= 4 is 6.09 Å². The topological polar surface area (TPSA) is 66.5 Å². The smallest absolute Gasteiger partial charge is 0.410 e. The standard InChI is InChI=1S/C23H27NO6/c1-5-14-10-20-21(30-13-29-20)11-16(14)18-9-15-7-8-19(26-3)22(27-4)17(15)12-24(18)23(25)28-6-2/h7-8,10-11,18H,5-6,9,12-13H2,1-4H3. The molecule has 0 fully saturated rings. The van der Waals surface area contributed by atoms with E-state index in [0.29, 0.717) is 36.8 Å². The van der Waals surface area contributed by atoms with Gasteiger partial charge in [-0.2, -0.15) is 0 Å². The minimum absolute atomic E-state index is 0.181. The summed E-state index contributed by atoms with van der Waals surface area (Å²) in [5.74, 6) is 2.77. The van der Waals surface area contributed by atoms with Crippen LogP contribution in [0.3, 0.4) is 0 Å². The predicted octanol–water partition coefficient (Wildman–Crippen LogP) is 4.25. The maximum Gasteiger partial charge on any atom is 0.410 e. The second kappa shape index (κ2) is 8.34. The number of aryl methyl sites for hydroxylation is 1. The van der Waals surface area contributed by atoms with E-state index in [-0.39, 0.29) is 18.9 Å². The van der Waals surface area contributed by atoms with Crippen molar-refractivity contribution < 1.29 is 28.5 Å². The molecule has 1 atom stereocenters. The Bertz CT molecular complexity index is 957. The largest absolute Gasteiger partial charge is 0.493 e. The van der Waals surface area contributed by atoms with Gasteiger partial charge in [0.1, 0.15) is 0 Å². The summed E-state index contributed by atoms with van der Waals surface area (Å²) >= 11 is 0. The summed E-state index contributed by atoms with van der Waals surface area (Å²) in [5.41, 5.74) is 4.25. The molecule has 30 heavy (non-hydrogen) atoms. The van der Waals surface area contributed by atoms with E-state index < -0.39 is 0 Å². The van der Waals surface area contributed by atoms with E-state index in [1.54, 1.807) is 19.1 Å². The molecule has 2 heterocycles. The summed E-state index contributed by atoms with van der Waals surface area (Å²) in [5, 5.41) is 0. The molecule has 0 aliphatic carbocycles. The number of carbonyl (C=O) groups is 1. The highest BCUT2D eigenvalue weighted by Gasteiger charge is 2.36. The highest BCUT2D eigenvalue weighted by atomic mass is 16.7. The summed E-state index contributed by atoms with van der Waals surface area (Å²) in [6, 6.07) is 7.80. The molecule has 0 spiro atoms. The molecule has 2 aromatic carbocycles. The van der Waals surface area contributed by atoms with E-state index >= 15 is 0 Å². The number of ether oxygens (including phenoxy) is 5. The first-order chi connectivity index (χ1) is 14.6. The lowest BCUT2D eigenvalue weighted by molar-refractivity contribution is 0.0813. The fourth-order valence-electron chi connectivity index (χ4n) is 4.29. The third kappa shape index (κ3) is 3.38. The Morgan fingerprint density at radius 1 is 1.13 bits per heavy atom. The lowest BCUT2D eigenvalue weighted by Crippen LogP contribution is -2.39. The van der Waals surface area contributed by atoms with Gasteiger partial charge in [-0.3, -0.25) is 4.90 Å². The molecular formula is C23H27NO6. The van der Waals surface area contributed by atoms with Crippen molar-refractivity contribution in [2.24, 2.45) is 0 Å². The number of hydrogen-bond donors (Lipinski definition) is 0. The first-order valence-corrected chi connectivity index (χ1v) is 10.2. The van der Waals surface area contributed by atoms with E-state index in [1.165, 1.54) is 0 Å². The Labute approximate surface area is 176 Å². The Hall–Kier alpha value is -3.09. The fraction of sp³-hybridized carbons (Fsp3) is 0.435. The van der Waals surface area contributed by atoms with E-state index in [2.05, 4.69) is 6.92 Å². The number of rotatable bonds is 5. The van der Waals surface area contributed by atoms with Crippen molar-refractivity contribution in [1.29, 1.82) is 0 Å². The fourth-order valence-corrected chi connectivity index (χ4v) is 4.29. The number of fused-ring (bicyclic) bond motifs is 2. The van der Waals surface area contributed by atoms with Gasteiger partial charge >= 0.3 is 6.09 Å². The van der Waals surface area contributed by atoms with Crippen LogP contribution in [0.4, 0.5) is 4.79 Å². The molecule has 1 amide bonds. The van der Waals surface area contributed by atoms with Crippen LogP contribution < -0.4 is 18.9 Å². The van der Waals surface area contributed by atoms with Gasteiger partial charge in [-0.15, -0.1) is 0 Å². The molecule has 0 aromatic heterocycles. The van der Waals surface area contributed by atoms with Crippen molar-refractivity contribution in [3.63, 3.8) is 0 Å². The molecule has 0 N–H and O–H groups in total. The zero-order valence-corrected chi connectivity index (χ0v) is 17.8. The lowest BCUT2D eigenvalue weighted by Gasteiger charge is -2.38. The van der Waals surface area contributed by atoms with Crippen molar-refractivity contribution in [2.75, 3.05) is 27.6 Å². The first-order valence-electron chi connectivity index (χ1n) is 10.2. The predicted molar refractivity (Wildman–Crippen MR) is 110 cm³/mol. The second-order valence-corrected chi connectivity index (χ2v) is 7.24. The molecule has 0 saturated heterocycles. The van der Waals surface area contributed by atoms with Crippen LogP contribution in [0.2, 0.25) is 0 Å². The van der Waals surface area contributed by atoms with Gasteiger partial charge in [-0.1, -0.05) is 13.0 Å². The number of carbonyl (C=O) groups excluding carboxylic acids is 1. The third-order valence-corrected chi connectivity index (χ3v) is 5.74. The molecule has 2 aliphatic heterocycles. The number of nitrogens with zero attached hydrogens (tertiary/aromatic N) is 1. The molecule has 160 valence electrons. The van der Waals surface area contributed by atoms with Gasteiger partial charge in [-0.05, 0) is 54.7 Å². The molecule has 0 radical (unpaired) electrons. The molecular weight excluding hydrogens is 386 g/mol. The summed E-state index contributed by atoms with van der Waals surface area (Å²) in [6.45, 7) is 4.81. The van der Waals surface area contributed by atoms with Crippen LogP contribution in [0.1, 0.15) is 42.1 Å². The van der Waals surface area contributed by atoms with Gasteiger partial charge in [0, 0.05) is 5.56 Å². The minimum Gasteiger partial charge on any atom is -0.493 e. The Balaban J connectivity index is 1.82. The van der Waals surface area contributed by atoms with Crippen molar-refractivity contribution in [3.05, 3.63) is 46.5 Å². The van der Waals surface area contributed by atoms with Crippen LogP contribution >= 0.6 is 0 Å². The Morgan fingerprint density at radius 3 is 2.57 bits per heavy atom. The molecule has 2 aliphatic rings. The molecule has 4 rings (SSSR count). The van der Waals surface area contributed by atoms with Crippen LogP contribution in [-0.2, 0) is 24.1 Å². The first kappa shape index (κ1) is 20.2. The SMILES string of the molecule is CCOC(=O)N1Cc2c(ccc(OC)c2OC)CC1c1cc2c(cc1CC)OCO2. The van der Waals surface area contributed by atoms with Gasteiger partial charge in [0.15, 0.2) is 23.0 Å². The van der Waals surface area contributed by atoms with Crippen LogP contribution in [0.15, 0.2) is 24.3 Å². The highest BCUT2D eigenvalue weighted by Crippen LogP contribution is 2.45. The number of amides is 1. The quantitative estimate of drug-likeness (QED) is 0.730. The van der Waals surface area contributed by atoms with Gasteiger partial charge in [0.05, 0.1) is 33.4 Å². The van der Waals surface area contributed by atoms with Crippen LogP contribution in [0.5, 0.6) is 23.0 Å². The summed E-state index contributed by atoms with van der Waals surface area (Å²) in [7, 11) is 3.23. The Kier molecular flexibility index (Phi) is 5.61. The van der Waals surface area contributed by atoms with Crippen molar-refractivity contribution in [2.45, 2.75) is 39.3 Å². The average molecular weight is 413 g/mol. The summed E-state index contributed by atoms with van der Waals surface area (Å²) < 4.78 is 27.7. The van der Waals surface area contributed by atoms with Gasteiger partial charge < -0.3 is 23.7 Å². The minimum atomic E-state index is -0.349. The van der Waals surface area contributed by atoms with Crippen LogP contribution in [0.25, 0.3) is 0 Å². The number of methoxy groups -OCH3 is 2. The molecule has 2 aromatic rings. The van der Waals surface area contributed by atoms with E-state index in [9.17, 15) is 4.79 Å². The second-order valence-electron chi connectivity index (χ2n) is 7.24. The zero-order chi connectivity index (χ0) is 21.3. The van der Waals surface area contributed by atoms with E-state index in [0.717, 1.165) is 34.4 Å². The average Bonchev–Trinajstić information content (AvgIpc) is 3.23. The normalized spacial score (nSPS) is 16.8. The third-order valence-electron chi connectivity index (χ3n) is 5.74. The van der Waals surface area contributed by atoms with E-state index in [1.807, 2.05) is 31.2 Å². The molecule has 7 heteroatoms. The Morgan fingerprint density at radius 2 is 1.90 bits per heavy atom. The molecule has 0 saturated carbocycles. The van der Waals surface area contributed by atoms with Gasteiger partial charge in [0.25, 0.3) is 0 Å². The summed E-state index contributed by atoms with van der Waals surface area (Å²) in [4.78, 5) is 14.7. The van der Waals surface area contributed by atoms with Crippen LogP contribution in [-0.4, -0.2) is 38.6 Å². The van der Waals surface area contributed by atoms with Crippen LogP contribution in [0, 0.1) is 0 Å². The van der Waals surface area contributed by atoms with Crippen molar-refractivity contribution in [3.8, 4) is 23.0 Å². The van der Waals surface area contributed by atoms with Crippen molar-refractivity contribution in [1.82, 2.24) is 4.90 Å². The summed E-state index contributed by atoms with van der Waals surface area (Å²) in [6.07, 6.45) is 1.11. The van der Waals surface area contributed by atoms with Gasteiger partial charge in [0.2, 0.25) is 6.79 Å². The monoisotopic (exact) mass is 413 g/mol. The molecule has 0 bridgehead atoms. The lowest BCUT2D eigenvalue weighted by atomic mass is 9.86. The highest BCUT2D eigenvalue weighted by molar-refractivity contribution is 5.70. The molecule has 7 nitrogen and oxygen atoms in total. The number of benzene rings is 2. The number of hydrogen-bond acceptors (Lipinski definition) is 6. The van der Waals surface area contributed by atoms with E-state index in [4.69, 9.17) is 23.7 Å². The zero-order valence-electron chi connectivity index (χ0n) is 17.8. The maximum atomic E-state index is 13.0. The molecule has 1 unspecified atom stereocenters. The maximum absolute atomic E-state index is 13.0.